The van der Waals surface area contributed by atoms with Crippen molar-refractivity contribution in [3.8, 4) is 5.75 Å². The third-order valence-corrected chi connectivity index (χ3v) is 5.39. The molecule has 3 N–H and O–H groups in total. The molecule has 0 unspecified atom stereocenters. The van der Waals surface area contributed by atoms with Crippen LogP contribution in [0.4, 0.5) is 10.1 Å². The van der Waals surface area contributed by atoms with Crippen LogP contribution in [0, 0.1) is 5.82 Å². The maximum atomic E-state index is 14.4. The second-order valence-electron chi connectivity index (χ2n) is 6.19. The van der Waals surface area contributed by atoms with Crippen LogP contribution in [-0.2, 0) is 11.3 Å². The summed E-state index contributed by atoms with van der Waals surface area (Å²) in [6.45, 7) is 5.97. The number of likely N-dealkylation sites (tertiary alicyclic amines) is 1. The number of anilines is 1. The Hall–Kier alpha value is -1.51. The smallest absolute Gasteiger partial charge is 0.251 e. The monoisotopic (exact) mass is 354 g/mol. The molecule has 24 heavy (non-hydrogen) atoms. The van der Waals surface area contributed by atoms with E-state index in [2.05, 4.69) is 21.9 Å². The van der Waals surface area contributed by atoms with Gasteiger partial charge in [0.1, 0.15) is 18.0 Å². The van der Waals surface area contributed by atoms with Crippen LogP contribution in [0.5, 0.6) is 5.75 Å². The Morgan fingerprint density at radius 1 is 1.42 bits per heavy atom. The number of phenolic OH excluding ortho intramolecular Hbond substituents is 1. The van der Waals surface area contributed by atoms with Crippen molar-refractivity contribution in [2.45, 2.75) is 32.4 Å². The van der Waals surface area contributed by atoms with E-state index in [1.807, 2.05) is 0 Å². The first-order chi connectivity index (χ1) is 11.6. The number of piperidine rings is 1. The van der Waals surface area contributed by atoms with Crippen molar-refractivity contribution >= 4 is 23.7 Å². The molecule has 2 fully saturated rings. The third-order valence-electron chi connectivity index (χ3n) is 4.54. The van der Waals surface area contributed by atoms with Gasteiger partial charge in [0.2, 0.25) is 0 Å². The van der Waals surface area contributed by atoms with E-state index in [0.29, 0.717) is 18.2 Å². The summed E-state index contributed by atoms with van der Waals surface area (Å²) in [6, 6.07) is 3.41. The highest BCUT2D eigenvalue weighted by atomic mass is 32.2. The Balaban J connectivity index is 1.60. The second kappa shape index (κ2) is 7.58. The largest absolute Gasteiger partial charge is 0.506 e. The summed E-state index contributed by atoms with van der Waals surface area (Å²) in [5, 5.41) is 13.6. The summed E-state index contributed by atoms with van der Waals surface area (Å²) in [5.74, 6) is -0.865. The number of aromatic hydroxyl groups is 1. The van der Waals surface area contributed by atoms with Crippen molar-refractivity contribution in [1.29, 1.82) is 0 Å². The fourth-order valence-corrected chi connectivity index (χ4v) is 3.86. The predicted octanol–water partition coefficient (Wildman–Crippen LogP) is 1.60. The van der Waals surface area contributed by atoms with Gasteiger partial charge < -0.3 is 15.3 Å². The fourth-order valence-electron chi connectivity index (χ4n) is 3.13. The minimum absolute atomic E-state index is 0.0305. The van der Waals surface area contributed by atoms with Crippen molar-refractivity contribution in [1.82, 2.24) is 14.9 Å². The summed E-state index contributed by atoms with van der Waals surface area (Å²) in [7, 11) is 0. The van der Waals surface area contributed by atoms with Crippen LogP contribution in [0.3, 0.4) is 0 Å². The number of rotatable bonds is 5. The summed E-state index contributed by atoms with van der Waals surface area (Å²) < 4.78 is 18.3. The Kier molecular flexibility index (Phi) is 5.47. The van der Waals surface area contributed by atoms with Crippen molar-refractivity contribution in [3.63, 3.8) is 0 Å². The highest BCUT2D eigenvalue weighted by Gasteiger charge is 2.26. The molecule has 132 valence electrons. The zero-order chi connectivity index (χ0) is 17.1. The van der Waals surface area contributed by atoms with Gasteiger partial charge in [-0.15, -0.1) is 0 Å². The highest BCUT2D eigenvalue weighted by Crippen LogP contribution is 2.36. The van der Waals surface area contributed by atoms with Crippen LogP contribution >= 0.6 is 12.1 Å². The SMILES string of the molecule is CCN1CCC(NCc2cc(O)c(N3CC(=O)NS3)c(F)c2)CC1. The van der Waals surface area contributed by atoms with Gasteiger partial charge in [0.25, 0.3) is 5.91 Å². The molecule has 0 aromatic heterocycles. The van der Waals surface area contributed by atoms with Crippen LogP contribution in [0.25, 0.3) is 0 Å². The summed E-state index contributed by atoms with van der Waals surface area (Å²) in [5.41, 5.74) is 0.758. The van der Waals surface area contributed by atoms with E-state index in [4.69, 9.17) is 0 Å². The molecule has 2 heterocycles. The number of phenols is 1. The lowest BCUT2D eigenvalue weighted by Crippen LogP contribution is -2.42. The number of carbonyl (C=O) groups is 1. The van der Waals surface area contributed by atoms with Crippen molar-refractivity contribution < 1.29 is 14.3 Å². The first-order valence-corrected chi connectivity index (χ1v) is 9.04. The second-order valence-corrected chi connectivity index (χ2v) is 7.02. The Morgan fingerprint density at radius 2 is 2.17 bits per heavy atom. The molecule has 1 aromatic rings. The quantitative estimate of drug-likeness (QED) is 0.698. The van der Waals surface area contributed by atoms with Gasteiger partial charge in [0.15, 0.2) is 5.82 Å². The molecule has 0 atom stereocenters. The van der Waals surface area contributed by atoms with Crippen LogP contribution in [0.15, 0.2) is 12.1 Å². The van der Waals surface area contributed by atoms with E-state index in [-0.39, 0.29) is 23.9 Å². The van der Waals surface area contributed by atoms with Crippen molar-refractivity contribution in [2.75, 3.05) is 30.5 Å². The van der Waals surface area contributed by atoms with Crippen LogP contribution in [-0.4, -0.2) is 48.1 Å². The number of amides is 1. The first-order valence-electron chi connectivity index (χ1n) is 8.27. The van der Waals surface area contributed by atoms with Crippen LogP contribution in [0.2, 0.25) is 0 Å². The molecule has 0 aliphatic carbocycles. The fraction of sp³-hybridized carbons (Fsp3) is 0.562. The van der Waals surface area contributed by atoms with E-state index in [9.17, 15) is 14.3 Å². The van der Waals surface area contributed by atoms with Crippen LogP contribution < -0.4 is 14.3 Å². The average Bonchev–Trinajstić information content (AvgIpc) is 2.99. The van der Waals surface area contributed by atoms with Crippen LogP contribution in [0.1, 0.15) is 25.3 Å². The number of benzene rings is 1. The molecule has 6 nitrogen and oxygen atoms in total. The average molecular weight is 354 g/mol. The van der Waals surface area contributed by atoms with Gasteiger partial charge >= 0.3 is 0 Å². The zero-order valence-corrected chi connectivity index (χ0v) is 14.5. The molecule has 0 radical (unpaired) electrons. The van der Waals surface area contributed by atoms with Gasteiger partial charge in [-0.05, 0) is 50.2 Å². The Bertz CT molecular complexity index is 585. The number of halogens is 1. The van der Waals surface area contributed by atoms with Gasteiger partial charge in [0.05, 0.1) is 12.1 Å². The molecule has 2 saturated heterocycles. The number of hydrogen-bond donors (Lipinski definition) is 3. The number of carbonyl (C=O) groups excluding carboxylic acids is 1. The van der Waals surface area contributed by atoms with E-state index in [1.165, 1.54) is 10.4 Å². The molecule has 0 spiro atoms. The summed E-state index contributed by atoms with van der Waals surface area (Å²) in [6.07, 6.45) is 2.16. The molecule has 1 aromatic carbocycles. The number of nitrogens with zero attached hydrogens (tertiary/aromatic N) is 2. The van der Waals surface area contributed by atoms with E-state index >= 15 is 0 Å². The highest BCUT2D eigenvalue weighted by molar-refractivity contribution is 7.99. The molecule has 3 rings (SSSR count). The molecular weight excluding hydrogens is 331 g/mol. The van der Waals surface area contributed by atoms with E-state index in [0.717, 1.165) is 44.6 Å². The van der Waals surface area contributed by atoms with E-state index < -0.39 is 5.82 Å². The molecular formula is C16H23FN4O2S. The van der Waals surface area contributed by atoms with Gasteiger partial charge in [-0.25, -0.2) is 4.39 Å². The topological polar surface area (TPSA) is 67.8 Å². The lowest BCUT2D eigenvalue weighted by atomic mass is 10.0. The maximum absolute atomic E-state index is 14.4. The van der Waals surface area contributed by atoms with Gasteiger partial charge in [0, 0.05) is 12.6 Å². The first kappa shape index (κ1) is 17.3. The summed E-state index contributed by atoms with van der Waals surface area (Å²) >= 11 is 0.990. The van der Waals surface area contributed by atoms with Gasteiger partial charge in [-0.1, -0.05) is 6.92 Å². The lowest BCUT2D eigenvalue weighted by Gasteiger charge is -2.31. The zero-order valence-electron chi connectivity index (χ0n) is 13.7. The van der Waals surface area contributed by atoms with Gasteiger partial charge in [-0.2, -0.15) is 0 Å². The lowest BCUT2D eigenvalue weighted by molar-refractivity contribution is -0.117. The molecule has 2 aliphatic heterocycles. The number of hydrogen-bond acceptors (Lipinski definition) is 6. The molecule has 2 aliphatic rings. The summed E-state index contributed by atoms with van der Waals surface area (Å²) in [4.78, 5) is 13.7. The molecule has 0 bridgehead atoms. The number of nitrogens with one attached hydrogen (secondary N) is 2. The maximum Gasteiger partial charge on any atom is 0.251 e. The Morgan fingerprint density at radius 3 is 2.75 bits per heavy atom. The standard InChI is InChI=1S/C16H23FN4O2S/c1-2-20-5-3-12(4-6-20)18-9-11-7-13(17)16(14(22)8-11)21-10-15(23)19-24-21/h7-8,12,18,22H,2-6,9-10H2,1H3,(H,19,23). The predicted molar refractivity (Wildman–Crippen MR) is 93.1 cm³/mol. The minimum Gasteiger partial charge on any atom is -0.506 e. The van der Waals surface area contributed by atoms with E-state index in [1.54, 1.807) is 6.07 Å². The normalized spacial score (nSPS) is 19.8. The van der Waals surface area contributed by atoms with Crippen molar-refractivity contribution in [2.24, 2.45) is 0 Å². The Labute approximate surface area is 145 Å². The minimum atomic E-state index is -0.517. The van der Waals surface area contributed by atoms with Gasteiger partial charge in [-0.3, -0.25) is 13.8 Å². The molecule has 0 saturated carbocycles. The molecule has 1 amide bonds. The van der Waals surface area contributed by atoms with Crippen molar-refractivity contribution in [3.05, 3.63) is 23.5 Å². The molecule has 8 heteroatoms. The third kappa shape index (κ3) is 3.93.